The Morgan fingerprint density at radius 2 is 1.75 bits per heavy atom. The smallest absolute Gasteiger partial charge is 0.132 e. The van der Waals surface area contributed by atoms with Gasteiger partial charge in [-0.25, -0.2) is 4.39 Å². The van der Waals surface area contributed by atoms with Crippen LogP contribution in [0.15, 0.2) is 40.9 Å². The fourth-order valence-electron chi connectivity index (χ4n) is 1.43. The summed E-state index contributed by atoms with van der Waals surface area (Å²) in [5.41, 5.74) is 1.08. The van der Waals surface area contributed by atoms with Crippen LogP contribution in [0.3, 0.4) is 0 Å². The summed E-state index contributed by atoms with van der Waals surface area (Å²) in [6.07, 6.45) is 0. The van der Waals surface area contributed by atoms with Gasteiger partial charge in [0.15, 0.2) is 0 Å². The number of benzene rings is 2. The Labute approximate surface area is 111 Å². The zero-order chi connectivity index (χ0) is 11.7. The first-order chi connectivity index (χ1) is 7.59. The Hall–Kier alpha value is -0.570. The zero-order valence-electron chi connectivity index (χ0n) is 7.98. The average molecular weight is 320 g/mol. The highest BCUT2D eigenvalue weighted by Crippen LogP contribution is 2.34. The van der Waals surface area contributed by atoms with Gasteiger partial charge >= 0.3 is 0 Å². The molecule has 0 aliphatic carbocycles. The molecule has 0 aliphatic heterocycles. The van der Waals surface area contributed by atoms with Crippen LogP contribution < -0.4 is 0 Å². The molecular formula is C12H6BrCl2F. The molecule has 0 heterocycles. The van der Waals surface area contributed by atoms with E-state index in [0.717, 1.165) is 0 Å². The van der Waals surface area contributed by atoms with E-state index >= 15 is 0 Å². The number of hydrogen-bond donors (Lipinski definition) is 0. The molecule has 0 fully saturated rings. The summed E-state index contributed by atoms with van der Waals surface area (Å²) in [6.45, 7) is 0. The average Bonchev–Trinajstić information content (AvgIpc) is 2.23. The molecule has 0 aromatic heterocycles. The highest BCUT2D eigenvalue weighted by Gasteiger charge is 2.10. The molecular weight excluding hydrogens is 314 g/mol. The molecule has 82 valence electrons. The zero-order valence-corrected chi connectivity index (χ0v) is 11.1. The fourth-order valence-corrected chi connectivity index (χ4v) is 2.19. The fraction of sp³-hybridized carbons (Fsp3) is 0. The molecule has 0 atom stereocenters. The molecule has 0 aliphatic rings. The van der Waals surface area contributed by atoms with Gasteiger partial charge in [-0.2, -0.15) is 0 Å². The maximum atomic E-state index is 13.6. The topological polar surface area (TPSA) is 0 Å². The van der Waals surface area contributed by atoms with E-state index in [2.05, 4.69) is 15.9 Å². The Kier molecular flexibility index (Phi) is 3.53. The van der Waals surface area contributed by atoms with E-state index < -0.39 is 0 Å². The van der Waals surface area contributed by atoms with Crippen molar-refractivity contribution in [3.63, 3.8) is 0 Å². The van der Waals surface area contributed by atoms with Gasteiger partial charge in [0.1, 0.15) is 5.82 Å². The van der Waals surface area contributed by atoms with Gasteiger partial charge in [0.25, 0.3) is 0 Å². The lowest BCUT2D eigenvalue weighted by Gasteiger charge is -2.07. The summed E-state index contributed by atoms with van der Waals surface area (Å²) in [5.74, 6) is -0.346. The van der Waals surface area contributed by atoms with E-state index in [0.29, 0.717) is 25.6 Å². The lowest BCUT2D eigenvalue weighted by molar-refractivity contribution is 0.631. The van der Waals surface area contributed by atoms with Gasteiger partial charge in [-0.1, -0.05) is 35.3 Å². The highest BCUT2D eigenvalue weighted by atomic mass is 79.9. The minimum Gasteiger partial charge on any atom is -0.206 e. The number of halogens is 4. The van der Waals surface area contributed by atoms with E-state index in [1.807, 2.05) is 0 Å². The van der Waals surface area contributed by atoms with Gasteiger partial charge in [0.2, 0.25) is 0 Å². The van der Waals surface area contributed by atoms with Crippen LogP contribution in [0.25, 0.3) is 11.1 Å². The van der Waals surface area contributed by atoms with Crippen LogP contribution in [-0.4, -0.2) is 0 Å². The molecule has 0 amide bonds. The Morgan fingerprint density at radius 1 is 1.00 bits per heavy atom. The molecule has 0 N–H and O–H groups in total. The van der Waals surface area contributed by atoms with Crippen molar-refractivity contribution in [2.24, 2.45) is 0 Å². The molecule has 2 aromatic carbocycles. The van der Waals surface area contributed by atoms with Gasteiger partial charge in [-0.15, -0.1) is 0 Å². The molecule has 0 radical (unpaired) electrons. The monoisotopic (exact) mass is 318 g/mol. The van der Waals surface area contributed by atoms with Crippen molar-refractivity contribution >= 4 is 39.1 Å². The SMILES string of the molecule is Fc1cccc(Cl)c1-c1ccc(Cl)c(Br)c1. The van der Waals surface area contributed by atoms with Crippen molar-refractivity contribution < 1.29 is 4.39 Å². The largest absolute Gasteiger partial charge is 0.206 e. The first-order valence-electron chi connectivity index (χ1n) is 4.49. The lowest BCUT2D eigenvalue weighted by atomic mass is 10.1. The molecule has 0 spiro atoms. The molecule has 4 heteroatoms. The normalized spacial score (nSPS) is 10.5. The van der Waals surface area contributed by atoms with Gasteiger partial charge in [-0.05, 0) is 45.8 Å². The van der Waals surface area contributed by atoms with E-state index in [-0.39, 0.29) is 5.82 Å². The van der Waals surface area contributed by atoms with E-state index in [4.69, 9.17) is 23.2 Å². The molecule has 2 rings (SSSR count). The second kappa shape index (κ2) is 4.74. The molecule has 0 unspecified atom stereocenters. The first kappa shape index (κ1) is 11.9. The van der Waals surface area contributed by atoms with Gasteiger partial charge in [0.05, 0.1) is 10.0 Å². The molecule has 0 saturated carbocycles. The van der Waals surface area contributed by atoms with E-state index in [1.54, 1.807) is 30.3 Å². The Balaban J connectivity index is 2.63. The van der Waals surface area contributed by atoms with Gasteiger partial charge in [-0.3, -0.25) is 0 Å². The van der Waals surface area contributed by atoms with Crippen LogP contribution in [0.4, 0.5) is 4.39 Å². The predicted molar refractivity (Wildman–Crippen MR) is 69.6 cm³/mol. The van der Waals surface area contributed by atoms with Gasteiger partial charge < -0.3 is 0 Å². The second-order valence-electron chi connectivity index (χ2n) is 3.23. The van der Waals surface area contributed by atoms with E-state index in [9.17, 15) is 4.39 Å². The van der Waals surface area contributed by atoms with Crippen LogP contribution in [0.2, 0.25) is 10.0 Å². The second-order valence-corrected chi connectivity index (χ2v) is 4.89. The maximum Gasteiger partial charge on any atom is 0.132 e. The van der Waals surface area contributed by atoms with Crippen LogP contribution in [-0.2, 0) is 0 Å². The van der Waals surface area contributed by atoms with Gasteiger partial charge in [0, 0.05) is 10.0 Å². The highest BCUT2D eigenvalue weighted by molar-refractivity contribution is 9.10. The van der Waals surface area contributed by atoms with Crippen molar-refractivity contribution in [3.8, 4) is 11.1 Å². The van der Waals surface area contributed by atoms with Crippen molar-refractivity contribution in [1.82, 2.24) is 0 Å². The minimum atomic E-state index is -0.346. The number of hydrogen-bond acceptors (Lipinski definition) is 0. The third-order valence-electron chi connectivity index (χ3n) is 2.17. The molecule has 0 nitrogen and oxygen atoms in total. The molecule has 16 heavy (non-hydrogen) atoms. The third-order valence-corrected chi connectivity index (χ3v) is 3.70. The lowest BCUT2D eigenvalue weighted by Crippen LogP contribution is -1.85. The standard InChI is InChI=1S/C12H6BrCl2F/c13-8-6-7(4-5-9(8)14)12-10(15)2-1-3-11(12)16/h1-6H. The number of rotatable bonds is 1. The minimum absolute atomic E-state index is 0.346. The van der Waals surface area contributed by atoms with Crippen molar-refractivity contribution in [1.29, 1.82) is 0 Å². The summed E-state index contributed by atoms with van der Waals surface area (Å²) in [7, 11) is 0. The van der Waals surface area contributed by atoms with Crippen LogP contribution in [0, 0.1) is 5.82 Å². The van der Waals surface area contributed by atoms with Crippen LogP contribution in [0.1, 0.15) is 0 Å². The summed E-state index contributed by atoms with van der Waals surface area (Å²) in [5, 5.41) is 0.963. The summed E-state index contributed by atoms with van der Waals surface area (Å²) < 4.78 is 14.3. The maximum absolute atomic E-state index is 13.6. The quantitative estimate of drug-likeness (QED) is 0.645. The molecule has 0 bridgehead atoms. The van der Waals surface area contributed by atoms with E-state index in [1.165, 1.54) is 6.07 Å². The van der Waals surface area contributed by atoms with Crippen LogP contribution >= 0.6 is 39.1 Å². The Bertz CT molecular complexity index is 520. The molecule has 0 saturated heterocycles. The first-order valence-corrected chi connectivity index (χ1v) is 6.04. The third kappa shape index (κ3) is 2.24. The Morgan fingerprint density at radius 3 is 2.38 bits per heavy atom. The van der Waals surface area contributed by atoms with Crippen molar-refractivity contribution in [2.45, 2.75) is 0 Å². The molecule has 2 aromatic rings. The predicted octanol–water partition coefficient (Wildman–Crippen LogP) is 5.56. The van der Waals surface area contributed by atoms with Crippen LogP contribution in [0.5, 0.6) is 0 Å². The van der Waals surface area contributed by atoms with Crippen molar-refractivity contribution in [3.05, 3.63) is 56.7 Å². The summed E-state index contributed by atoms with van der Waals surface area (Å²) in [4.78, 5) is 0. The van der Waals surface area contributed by atoms with Crippen molar-refractivity contribution in [2.75, 3.05) is 0 Å². The summed E-state index contributed by atoms with van der Waals surface area (Å²) >= 11 is 15.1. The summed E-state index contributed by atoms with van der Waals surface area (Å²) in [6, 6.07) is 9.78.